The fraction of sp³-hybridized carbons (Fsp3) is 0.368. The number of likely N-dealkylation sites (tertiary alicyclic amines) is 1. The Balaban J connectivity index is 1.46. The molecule has 2 fully saturated rings. The molecule has 2 aliphatic rings. The van der Waals surface area contributed by atoms with Crippen molar-refractivity contribution < 1.29 is 18.7 Å². The Hall–Kier alpha value is -2.87. The molecule has 7 nitrogen and oxygen atoms in total. The second kappa shape index (κ2) is 7.03. The predicted molar refractivity (Wildman–Crippen MR) is 94.6 cm³/mol. The van der Waals surface area contributed by atoms with Crippen molar-refractivity contribution in [3.8, 4) is 0 Å². The third-order valence-electron chi connectivity index (χ3n) is 5.16. The minimum Gasteiger partial charge on any atom is -0.363 e. The van der Waals surface area contributed by atoms with E-state index in [9.17, 15) is 14.0 Å². The lowest BCUT2D eigenvalue weighted by Gasteiger charge is -2.47. The molecule has 1 spiro atoms. The van der Waals surface area contributed by atoms with Crippen molar-refractivity contribution >= 4 is 17.5 Å². The van der Waals surface area contributed by atoms with Gasteiger partial charge in [-0.25, -0.2) is 4.39 Å². The van der Waals surface area contributed by atoms with Crippen molar-refractivity contribution in [2.24, 2.45) is 0 Å². The van der Waals surface area contributed by atoms with Crippen LogP contribution in [0.3, 0.4) is 0 Å². The van der Waals surface area contributed by atoms with Crippen molar-refractivity contribution in [1.82, 2.24) is 15.1 Å². The second-order valence-electron chi connectivity index (χ2n) is 6.85. The first kappa shape index (κ1) is 17.5. The van der Waals surface area contributed by atoms with Crippen molar-refractivity contribution in [2.75, 3.05) is 31.1 Å². The molecule has 0 saturated carbocycles. The predicted octanol–water partition coefficient (Wildman–Crippen LogP) is 1.65. The number of morpholine rings is 1. The quantitative estimate of drug-likeness (QED) is 0.804. The van der Waals surface area contributed by atoms with Gasteiger partial charge in [0.25, 0.3) is 11.8 Å². The molecule has 2 aromatic rings. The van der Waals surface area contributed by atoms with E-state index in [1.807, 2.05) is 0 Å². The van der Waals surface area contributed by atoms with Crippen LogP contribution in [-0.2, 0) is 9.53 Å². The van der Waals surface area contributed by atoms with E-state index in [1.165, 1.54) is 24.5 Å². The number of rotatable bonds is 2. The monoisotopic (exact) mass is 370 g/mol. The van der Waals surface area contributed by atoms with Gasteiger partial charge in [-0.1, -0.05) is 6.07 Å². The van der Waals surface area contributed by atoms with E-state index in [2.05, 4.69) is 10.2 Å². The van der Waals surface area contributed by atoms with E-state index >= 15 is 0 Å². The number of nitrogens with zero attached hydrogens (tertiary/aromatic N) is 4. The summed E-state index contributed by atoms with van der Waals surface area (Å²) >= 11 is 0. The fourth-order valence-electron chi connectivity index (χ4n) is 3.61. The van der Waals surface area contributed by atoms with Crippen LogP contribution in [0.4, 0.5) is 10.1 Å². The SMILES string of the molecule is O=C(c1ccnnc1)N1CCC2(CC1)CN(c1cccc(F)c1)C(=O)CO2. The highest BCUT2D eigenvalue weighted by atomic mass is 19.1. The van der Waals surface area contributed by atoms with E-state index in [4.69, 9.17) is 4.74 Å². The highest BCUT2D eigenvalue weighted by Gasteiger charge is 2.43. The van der Waals surface area contributed by atoms with Gasteiger partial charge in [-0.15, -0.1) is 0 Å². The van der Waals surface area contributed by atoms with Gasteiger partial charge in [-0.2, -0.15) is 10.2 Å². The maximum absolute atomic E-state index is 13.6. The number of aromatic nitrogens is 2. The van der Waals surface area contributed by atoms with Crippen molar-refractivity contribution in [1.29, 1.82) is 0 Å². The third-order valence-corrected chi connectivity index (χ3v) is 5.16. The first-order valence-electron chi connectivity index (χ1n) is 8.82. The number of benzene rings is 1. The molecule has 0 atom stereocenters. The van der Waals surface area contributed by atoms with Crippen LogP contribution >= 0.6 is 0 Å². The summed E-state index contributed by atoms with van der Waals surface area (Å²) in [7, 11) is 0. The summed E-state index contributed by atoms with van der Waals surface area (Å²) in [6, 6.07) is 7.65. The van der Waals surface area contributed by atoms with E-state index in [1.54, 1.807) is 28.0 Å². The van der Waals surface area contributed by atoms with Crippen LogP contribution in [0.2, 0.25) is 0 Å². The zero-order chi connectivity index (χ0) is 18.9. The molecule has 0 bridgehead atoms. The smallest absolute Gasteiger partial charge is 0.255 e. The van der Waals surface area contributed by atoms with Gasteiger partial charge in [0, 0.05) is 18.8 Å². The number of piperidine rings is 1. The lowest BCUT2D eigenvalue weighted by atomic mass is 9.88. The van der Waals surface area contributed by atoms with E-state index in [0.717, 1.165) is 0 Å². The third kappa shape index (κ3) is 3.52. The molecule has 0 N–H and O–H groups in total. The summed E-state index contributed by atoms with van der Waals surface area (Å²) in [4.78, 5) is 28.2. The van der Waals surface area contributed by atoms with Crippen LogP contribution in [-0.4, -0.2) is 58.8 Å². The Morgan fingerprint density at radius 2 is 2.00 bits per heavy atom. The highest BCUT2D eigenvalue weighted by molar-refractivity contribution is 5.95. The number of carbonyl (C=O) groups excluding carboxylic acids is 2. The number of carbonyl (C=O) groups is 2. The van der Waals surface area contributed by atoms with Crippen LogP contribution in [0.5, 0.6) is 0 Å². The van der Waals surface area contributed by atoms with Crippen molar-refractivity contribution in [3.05, 3.63) is 54.1 Å². The summed E-state index contributed by atoms with van der Waals surface area (Å²) in [5.41, 5.74) is 0.513. The molecule has 1 aromatic heterocycles. The standard InChI is InChI=1S/C19H19FN4O3/c20-15-2-1-3-16(10-15)24-13-19(27-12-17(24)25)5-8-23(9-6-19)18(26)14-4-7-21-22-11-14/h1-4,7,10-11H,5-6,8-9,12-13H2. The molecule has 8 heteroatoms. The molecule has 140 valence electrons. The van der Waals surface area contributed by atoms with Crippen LogP contribution in [0.15, 0.2) is 42.7 Å². The number of hydrogen-bond donors (Lipinski definition) is 0. The Morgan fingerprint density at radius 3 is 2.70 bits per heavy atom. The van der Waals surface area contributed by atoms with E-state index in [0.29, 0.717) is 43.7 Å². The molecule has 0 aliphatic carbocycles. The Bertz CT molecular complexity index is 853. The summed E-state index contributed by atoms with van der Waals surface area (Å²) in [5, 5.41) is 7.43. The van der Waals surface area contributed by atoms with Gasteiger partial charge in [-0.3, -0.25) is 9.59 Å². The molecule has 4 rings (SSSR count). The molecular weight excluding hydrogens is 351 g/mol. The minimum absolute atomic E-state index is 0.0429. The van der Waals surface area contributed by atoms with Crippen LogP contribution in [0, 0.1) is 5.82 Å². The lowest BCUT2D eigenvalue weighted by Crippen LogP contribution is -2.59. The maximum atomic E-state index is 13.6. The number of amides is 2. The topological polar surface area (TPSA) is 75.6 Å². The highest BCUT2D eigenvalue weighted by Crippen LogP contribution is 2.33. The summed E-state index contributed by atoms with van der Waals surface area (Å²) < 4.78 is 19.5. The Morgan fingerprint density at radius 1 is 1.19 bits per heavy atom. The number of halogens is 1. The molecule has 27 heavy (non-hydrogen) atoms. The van der Waals surface area contributed by atoms with Gasteiger partial charge >= 0.3 is 0 Å². The number of hydrogen-bond acceptors (Lipinski definition) is 5. The van der Waals surface area contributed by atoms with E-state index < -0.39 is 5.60 Å². The zero-order valence-corrected chi connectivity index (χ0v) is 14.7. The number of anilines is 1. The average Bonchev–Trinajstić information content (AvgIpc) is 2.71. The van der Waals surface area contributed by atoms with Crippen molar-refractivity contribution in [2.45, 2.75) is 18.4 Å². The fourth-order valence-corrected chi connectivity index (χ4v) is 3.61. The molecule has 3 heterocycles. The first-order chi connectivity index (χ1) is 13.1. The first-order valence-corrected chi connectivity index (χ1v) is 8.82. The summed E-state index contributed by atoms with van der Waals surface area (Å²) in [6.07, 6.45) is 4.16. The summed E-state index contributed by atoms with van der Waals surface area (Å²) in [5.74, 6) is -0.659. The number of ether oxygens (including phenoxy) is 1. The average molecular weight is 370 g/mol. The van der Waals surface area contributed by atoms with Gasteiger partial charge in [0.15, 0.2) is 0 Å². The molecule has 2 saturated heterocycles. The van der Waals surface area contributed by atoms with Gasteiger partial charge < -0.3 is 14.5 Å². The molecule has 0 radical (unpaired) electrons. The lowest BCUT2D eigenvalue weighted by molar-refractivity contribution is -0.143. The van der Waals surface area contributed by atoms with Crippen LogP contribution in [0.25, 0.3) is 0 Å². The van der Waals surface area contributed by atoms with Gasteiger partial charge in [-0.05, 0) is 37.1 Å². The van der Waals surface area contributed by atoms with Crippen molar-refractivity contribution in [3.63, 3.8) is 0 Å². The molecule has 2 amide bonds. The Labute approximate surface area is 155 Å². The molecule has 0 unspecified atom stereocenters. The minimum atomic E-state index is -0.520. The summed E-state index contributed by atoms with van der Waals surface area (Å²) in [6.45, 7) is 1.35. The van der Waals surface area contributed by atoms with Gasteiger partial charge in [0.1, 0.15) is 12.4 Å². The molecular formula is C19H19FN4O3. The zero-order valence-electron chi connectivity index (χ0n) is 14.7. The van der Waals surface area contributed by atoms with Gasteiger partial charge in [0.05, 0.1) is 30.1 Å². The second-order valence-corrected chi connectivity index (χ2v) is 6.85. The van der Waals surface area contributed by atoms with Gasteiger partial charge in [0.2, 0.25) is 0 Å². The molecule has 1 aromatic carbocycles. The van der Waals surface area contributed by atoms with Crippen LogP contribution in [0.1, 0.15) is 23.2 Å². The van der Waals surface area contributed by atoms with E-state index in [-0.39, 0.29) is 24.2 Å². The molecule has 2 aliphatic heterocycles. The largest absolute Gasteiger partial charge is 0.363 e. The van der Waals surface area contributed by atoms with Crippen LogP contribution < -0.4 is 4.90 Å². The normalized spacial score (nSPS) is 19.4. The Kier molecular flexibility index (Phi) is 4.57. The maximum Gasteiger partial charge on any atom is 0.255 e.